The Kier molecular flexibility index (Phi) is 12.6. The van der Waals surface area contributed by atoms with Crippen LogP contribution in [0.3, 0.4) is 0 Å². The highest BCUT2D eigenvalue weighted by atomic mass is 19.2. The number of aromatic nitrogens is 1. The summed E-state index contributed by atoms with van der Waals surface area (Å²) in [5.74, 6) is -71.3. The Labute approximate surface area is 343 Å². The van der Waals surface area contributed by atoms with Crippen LogP contribution in [-0.4, -0.2) is 11.9 Å². The van der Waals surface area contributed by atoms with Crippen LogP contribution in [0.4, 0.5) is 87.8 Å². The molecule has 7 rings (SSSR count). The maximum atomic E-state index is 15.4. The van der Waals surface area contributed by atoms with E-state index >= 15 is 35.1 Å². The normalized spacial score (nSPS) is 11.6. The fourth-order valence-corrected chi connectivity index (χ4v) is 7.13. The second-order valence-corrected chi connectivity index (χ2v) is 13.3. The Morgan fingerprint density at radius 2 is 0.625 bits per heavy atom. The number of ketones is 1. The maximum absolute atomic E-state index is 15.4. The van der Waals surface area contributed by atoms with Crippen molar-refractivity contribution >= 4 is 44.6 Å². The Hall–Kier alpha value is -6.94. The SMILES string of the molecule is Fc1c(F)c(F)c([B-](c2c(F)c(F)c(F)c(F)c2F)(c2c(F)c(F)c(F)c(F)c2F)c2c(F)c(F)c(F)c(F)c2F)c(F)c1F.O=C(C[n+]1ccccc1)c1cccc2ccccc12. The number of hydrogen-bond donors (Lipinski definition) is 0. The summed E-state index contributed by atoms with van der Waals surface area (Å²) >= 11 is 0. The van der Waals surface area contributed by atoms with Crippen molar-refractivity contribution in [3.63, 3.8) is 0 Å². The van der Waals surface area contributed by atoms with E-state index in [2.05, 4.69) is 0 Å². The number of rotatable bonds is 7. The molecule has 0 N–H and O–H groups in total. The van der Waals surface area contributed by atoms with Crippen LogP contribution in [0.5, 0.6) is 0 Å². The van der Waals surface area contributed by atoms with Crippen molar-refractivity contribution in [3.8, 4) is 0 Å². The molecule has 64 heavy (non-hydrogen) atoms. The average molecular weight is 927 g/mol. The molecule has 0 saturated heterocycles. The maximum Gasteiger partial charge on any atom is 0.228 e. The second-order valence-electron chi connectivity index (χ2n) is 13.3. The minimum Gasteiger partial charge on any atom is -0.287 e. The van der Waals surface area contributed by atoms with Crippen molar-refractivity contribution in [2.75, 3.05) is 0 Å². The standard InChI is InChI=1S/C24BF20.C17H14NO/c26-5-1(6(27)14(35)21(42)13(5)34)25(2-7(28)15(36)22(43)16(37)8(2)29,3-9(30)17(38)23(44)18(39)10(3)31)4-11(32)19(40)24(45)20(41)12(4)33;19-17(13-18-11-4-1-5-12-18)16-10-6-8-14-7-2-3-9-15(14)16/h;1-12H,13H2/q-1;+1. The van der Waals surface area contributed by atoms with E-state index in [1.165, 1.54) is 0 Å². The zero-order chi connectivity index (χ0) is 47.4. The molecule has 0 fully saturated rings. The van der Waals surface area contributed by atoms with Crippen molar-refractivity contribution in [3.05, 3.63) is 195 Å². The van der Waals surface area contributed by atoms with Crippen molar-refractivity contribution < 1.29 is 97.2 Å². The highest BCUT2D eigenvalue weighted by Gasteiger charge is 2.52. The molecule has 1 aromatic heterocycles. The molecule has 7 aromatic rings. The van der Waals surface area contributed by atoms with Gasteiger partial charge in [0.1, 0.15) is 52.7 Å². The van der Waals surface area contributed by atoms with E-state index in [9.17, 15) is 57.5 Å². The van der Waals surface area contributed by atoms with Crippen LogP contribution < -0.4 is 26.4 Å². The number of fused-ring (bicyclic) bond motifs is 1. The third-order valence-electron chi connectivity index (χ3n) is 9.90. The number of halogens is 20. The first-order valence-corrected chi connectivity index (χ1v) is 17.2. The molecule has 0 radical (unpaired) electrons. The van der Waals surface area contributed by atoms with Crippen LogP contribution in [0.1, 0.15) is 10.4 Å². The minimum absolute atomic E-state index is 0.132. The Morgan fingerprint density at radius 1 is 0.344 bits per heavy atom. The molecule has 0 amide bonds. The Balaban J connectivity index is 0.000000295. The molecule has 23 heteroatoms. The minimum atomic E-state index is -7.22. The summed E-state index contributed by atoms with van der Waals surface area (Å²) in [5, 5.41) is 2.12. The lowest BCUT2D eigenvalue weighted by Crippen LogP contribution is -2.81. The van der Waals surface area contributed by atoms with Gasteiger partial charge in [-0.2, -0.15) is 4.57 Å². The van der Waals surface area contributed by atoms with E-state index in [1.807, 2.05) is 77.6 Å². The van der Waals surface area contributed by atoms with Gasteiger partial charge in [0, 0.05) is 17.7 Å². The average Bonchev–Trinajstić information content (AvgIpc) is 3.29. The van der Waals surface area contributed by atoms with Crippen molar-refractivity contribution in [1.29, 1.82) is 0 Å². The summed E-state index contributed by atoms with van der Waals surface area (Å²) in [5.41, 5.74) is -13.5. The van der Waals surface area contributed by atoms with Gasteiger partial charge < -0.3 is 0 Å². The first-order valence-electron chi connectivity index (χ1n) is 17.2. The fourth-order valence-electron chi connectivity index (χ4n) is 7.13. The van der Waals surface area contributed by atoms with Crippen LogP contribution in [0.2, 0.25) is 0 Å². The van der Waals surface area contributed by atoms with Crippen molar-refractivity contribution in [2.24, 2.45) is 0 Å². The molecule has 0 aliphatic heterocycles. The zero-order valence-electron chi connectivity index (χ0n) is 30.6. The Morgan fingerprint density at radius 3 is 0.953 bits per heavy atom. The van der Waals surface area contributed by atoms with Gasteiger partial charge in [-0.3, -0.25) is 4.79 Å². The molecule has 0 aliphatic carbocycles. The monoisotopic (exact) mass is 927 g/mol. The lowest BCUT2D eigenvalue weighted by Gasteiger charge is -2.44. The molecule has 0 unspecified atom stereocenters. The van der Waals surface area contributed by atoms with Gasteiger partial charge in [-0.1, -0.05) is 48.5 Å². The third kappa shape index (κ3) is 7.15. The summed E-state index contributed by atoms with van der Waals surface area (Å²) in [6, 6.07) is 19.6. The quantitative estimate of drug-likeness (QED) is 0.0391. The van der Waals surface area contributed by atoms with Gasteiger partial charge in [0.25, 0.3) is 0 Å². The lowest BCUT2D eigenvalue weighted by molar-refractivity contribution is -0.683. The molecule has 0 spiro atoms. The van der Waals surface area contributed by atoms with Gasteiger partial charge in [-0.25, -0.2) is 87.8 Å². The Bertz CT molecular complexity index is 2670. The first-order chi connectivity index (χ1) is 30.0. The van der Waals surface area contributed by atoms with Gasteiger partial charge >= 0.3 is 0 Å². The molecule has 332 valence electrons. The highest BCUT2D eigenvalue weighted by Crippen LogP contribution is 2.31. The van der Waals surface area contributed by atoms with E-state index in [1.54, 1.807) is 0 Å². The van der Waals surface area contributed by atoms with Crippen LogP contribution in [-0.2, 0) is 6.54 Å². The van der Waals surface area contributed by atoms with Crippen LogP contribution in [0.15, 0.2) is 73.1 Å². The molecular formula is C41H14BF20NO. The van der Waals surface area contributed by atoms with Crippen LogP contribution in [0, 0.1) is 116 Å². The molecule has 0 aliphatic rings. The van der Waals surface area contributed by atoms with Crippen molar-refractivity contribution in [2.45, 2.75) is 6.54 Å². The highest BCUT2D eigenvalue weighted by molar-refractivity contribution is 7.20. The van der Waals surface area contributed by atoms with E-state index in [-0.39, 0.29) is 5.78 Å². The molecule has 2 nitrogen and oxygen atoms in total. The third-order valence-corrected chi connectivity index (χ3v) is 9.90. The molecule has 6 aromatic carbocycles. The summed E-state index contributed by atoms with van der Waals surface area (Å²) in [4.78, 5) is 12.4. The summed E-state index contributed by atoms with van der Waals surface area (Å²) in [6.07, 6.45) is -3.41. The van der Waals surface area contributed by atoms with E-state index in [0.29, 0.717) is 6.54 Å². The number of Topliss-reactive ketones (excluding diaryl/α,β-unsaturated/α-hetero) is 1. The van der Waals surface area contributed by atoms with Crippen molar-refractivity contribution in [1.82, 2.24) is 0 Å². The molecule has 1 heterocycles. The molecular weight excluding hydrogens is 913 g/mol. The first kappa shape index (κ1) is 46.6. The topological polar surface area (TPSA) is 20.9 Å². The number of benzene rings is 6. The second kappa shape index (κ2) is 17.3. The van der Waals surface area contributed by atoms with Crippen LogP contribution in [0.25, 0.3) is 10.8 Å². The number of carbonyl (C=O) groups is 1. The van der Waals surface area contributed by atoms with E-state index in [0.717, 1.165) is 16.3 Å². The van der Waals surface area contributed by atoms with Gasteiger partial charge in [-0.15, -0.1) is 21.9 Å². The van der Waals surface area contributed by atoms with Gasteiger partial charge in [0.05, 0.1) is 0 Å². The number of pyridine rings is 1. The fraction of sp³-hybridized carbons (Fsp3) is 0.0244. The van der Waals surface area contributed by atoms with E-state index < -0.39 is 144 Å². The summed E-state index contributed by atoms with van der Waals surface area (Å²) in [7, 11) is 0. The van der Waals surface area contributed by atoms with Gasteiger partial charge in [0.15, 0.2) is 82.2 Å². The molecule has 0 atom stereocenters. The zero-order valence-corrected chi connectivity index (χ0v) is 30.6. The molecule has 0 bridgehead atoms. The number of hydrogen-bond acceptors (Lipinski definition) is 1. The smallest absolute Gasteiger partial charge is 0.228 e. The van der Waals surface area contributed by atoms with E-state index in [4.69, 9.17) is 0 Å². The predicted molar refractivity (Wildman–Crippen MR) is 184 cm³/mol. The summed E-state index contributed by atoms with van der Waals surface area (Å²) < 4.78 is 296. The van der Waals surface area contributed by atoms with Gasteiger partial charge in [-0.05, 0) is 10.8 Å². The van der Waals surface area contributed by atoms with Gasteiger partial charge in [0.2, 0.25) is 12.3 Å². The lowest BCUT2D eigenvalue weighted by atomic mass is 9.12. The number of nitrogens with zero attached hydrogens (tertiary/aromatic N) is 1. The largest absolute Gasteiger partial charge is 0.287 e. The summed E-state index contributed by atoms with van der Waals surface area (Å²) in [6.45, 7) is 0.370. The number of carbonyl (C=O) groups excluding carboxylic acids is 1. The molecule has 0 saturated carbocycles. The van der Waals surface area contributed by atoms with Crippen LogP contribution >= 0.6 is 0 Å². The predicted octanol–water partition coefficient (Wildman–Crippen LogP) is 8.86.